The van der Waals surface area contributed by atoms with Gasteiger partial charge < -0.3 is 9.88 Å². The molecule has 0 unspecified atom stereocenters. The summed E-state index contributed by atoms with van der Waals surface area (Å²) in [5, 5.41) is 0.786. The Labute approximate surface area is 147 Å². The second-order valence-corrected chi connectivity index (χ2v) is 6.70. The minimum Gasteiger partial charge on any atom is -0.358 e. The van der Waals surface area contributed by atoms with E-state index in [0.717, 1.165) is 27.7 Å². The molecule has 25 heavy (non-hydrogen) atoms. The van der Waals surface area contributed by atoms with Crippen molar-refractivity contribution in [1.29, 1.82) is 0 Å². The van der Waals surface area contributed by atoms with Crippen molar-refractivity contribution in [1.82, 2.24) is 9.88 Å². The van der Waals surface area contributed by atoms with Crippen LogP contribution in [0.1, 0.15) is 30.7 Å². The lowest BCUT2D eigenvalue weighted by Gasteiger charge is -2.27. The molecule has 0 fully saturated rings. The minimum atomic E-state index is -0.287. The van der Waals surface area contributed by atoms with Crippen LogP contribution in [0.3, 0.4) is 0 Å². The SMILES string of the molecule is Cc1[nH]c2ccc(F)cc2c1CC(=O)N(Cc1ccccc1)C(C)C. The number of amides is 1. The van der Waals surface area contributed by atoms with Crippen LogP contribution < -0.4 is 0 Å². The van der Waals surface area contributed by atoms with E-state index in [-0.39, 0.29) is 24.2 Å². The van der Waals surface area contributed by atoms with E-state index in [4.69, 9.17) is 0 Å². The van der Waals surface area contributed by atoms with Gasteiger partial charge in [-0.25, -0.2) is 4.39 Å². The number of aromatic nitrogens is 1. The van der Waals surface area contributed by atoms with Crippen LogP contribution in [-0.2, 0) is 17.8 Å². The maximum absolute atomic E-state index is 13.6. The van der Waals surface area contributed by atoms with E-state index in [0.29, 0.717) is 6.54 Å². The number of nitrogens with zero attached hydrogens (tertiary/aromatic N) is 1. The van der Waals surface area contributed by atoms with Gasteiger partial charge in [-0.15, -0.1) is 0 Å². The zero-order valence-corrected chi connectivity index (χ0v) is 14.8. The summed E-state index contributed by atoms with van der Waals surface area (Å²) in [6, 6.07) is 14.7. The Morgan fingerprint density at radius 2 is 1.88 bits per heavy atom. The van der Waals surface area contributed by atoms with Gasteiger partial charge >= 0.3 is 0 Å². The van der Waals surface area contributed by atoms with Gasteiger partial charge in [-0.1, -0.05) is 30.3 Å². The molecule has 0 atom stereocenters. The maximum Gasteiger partial charge on any atom is 0.227 e. The highest BCUT2D eigenvalue weighted by atomic mass is 19.1. The summed E-state index contributed by atoms with van der Waals surface area (Å²) in [5.41, 5.74) is 3.75. The lowest BCUT2D eigenvalue weighted by molar-refractivity contribution is -0.132. The van der Waals surface area contributed by atoms with Crippen molar-refractivity contribution in [3.05, 3.63) is 71.2 Å². The number of rotatable bonds is 5. The number of benzene rings is 2. The molecule has 3 nitrogen and oxygen atoms in total. The van der Waals surface area contributed by atoms with E-state index in [9.17, 15) is 9.18 Å². The van der Waals surface area contributed by atoms with E-state index in [1.807, 2.05) is 56.0 Å². The molecule has 0 bridgehead atoms. The molecule has 1 amide bonds. The van der Waals surface area contributed by atoms with E-state index >= 15 is 0 Å². The molecule has 0 saturated heterocycles. The summed E-state index contributed by atoms with van der Waals surface area (Å²) in [5.74, 6) is -0.239. The van der Waals surface area contributed by atoms with Crippen LogP contribution in [-0.4, -0.2) is 21.8 Å². The molecule has 0 aliphatic rings. The van der Waals surface area contributed by atoms with Gasteiger partial charge in [-0.3, -0.25) is 4.79 Å². The number of hydrogen-bond donors (Lipinski definition) is 1. The molecule has 0 saturated carbocycles. The second-order valence-electron chi connectivity index (χ2n) is 6.70. The summed E-state index contributed by atoms with van der Waals surface area (Å²) in [6.07, 6.45) is 0.264. The smallest absolute Gasteiger partial charge is 0.227 e. The number of nitrogens with one attached hydrogen (secondary N) is 1. The molecule has 1 heterocycles. The predicted octanol–water partition coefficient (Wildman–Crippen LogP) is 4.60. The normalized spacial score (nSPS) is 11.2. The summed E-state index contributed by atoms with van der Waals surface area (Å²) < 4.78 is 13.6. The van der Waals surface area contributed by atoms with Crippen LogP contribution in [0.2, 0.25) is 0 Å². The van der Waals surface area contributed by atoms with Crippen LogP contribution in [0, 0.1) is 12.7 Å². The lowest BCUT2D eigenvalue weighted by Crippen LogP contribution is -2.37. The minimum absolute atomic E-state index is 0.0483. The first kappa shape index (κ1) is 17.2. The molecule has 4 heteroatoms. The van der Waals surface area contributed by atoms with Gasteiger partial charge in [0.25, 0.3) is 0 Å². The fourth-order valence-electron chi connectivity index (χ4n) is 3.17. The Morgan fingerprint density at radius 1 is 1.16 bits per heavy atom. The van der Waals surface area contributed by atoms with Crippen LogP contribution >= 0.6 is 0 Å². The van der Waals surface area contributed by atoms with Gasteiger partial charge in [0.05, 0.1) is 6.42 Å². The number of aryl methyl sites for hydroxylation is 1. The molecule has 0 radical (unpaired) electrons. The molecule has 0 aliphatic carbocycles. The lowest BCUT2D eigenvalue weighted by atomic mass is 10.1. The number of carbonyl (C=O) groups is 1. The Bertz CT molecular complexity index is 884. The molecular weight excluding hydrogens is 315 g/mol. The fraction of sp³-hybridized carbons (Fsp3) is 0.286. The molecule has 1 aromatic heterocycles. The van der Waals surface area contributed by atoms with E-state index < -0.39 is 0 Å². The van der Waals surface area contributed by atoms with E-state index in [1.165, 1.54) is 12.1 Å². The van der Waals surface area contributed by atoms with Crippen LogP contribution in [0.15, 0.2) is 48.5 Å². The topological polar surface area (TPSA) is 36.1 Å². The molecular formula is C21H23FN2O. The summed E-state index contributed by atoms with van der Waals surface area (Å²) in [6.45, 7) is 6.54. The van der Waals surface area contributed by atoms with Crippen molar-refractivity contribution < 1.29 is 9.18 Å². The van der Waals surface area contributed by atoms with Gasteiger partial charge in [-0.05, 0) is 50.1 Å². The Hall–Kier alpha value is -2.62. The number of fused-ring (bicyclic) bond motifs is 1. The highest BCUT2D eigenvalue weighted by Gasteiger charge is 2.20. The van der Waals surface area contributed by atoms with Crippen LogP contribution in [0.25, 0.3) is 10.9 Å². The number of halogens is 1. The standard InChI is InChI=1S/C21H23FN2O/c1-14(2)24(13-16-7-5-4-6-8-16)21(25)12-18-15(3)23-20-10-9-17(22)11-19(18)20/h4-11,14,23H,12-13H2,1-3H3. The third-order valence-corrected chi connectivity index (χ3v) is 4.55. The number of aromatic amines is 1. The Balaban J connectivity index is 1.87. The van der Waals surface area contributed by atoms with Gasteiger partial charge in [0.1, 0.15) is 5.82 Å². The largest absolute Gasteiger partial charge is 0.358 e. The highest BCUT2D eigenvalue weighted by molar-refractivity contribution is 5.90. The molecule has 130 valence electrons. The zero-order chi connectivity index (χ0) is 18.0. The van der Waals surface area contributed by atoms with Crippen molar-refractivity contribution in [2.45, 2.75) is 39.8 Å². The maximum atomic E-state index is 13.6. The van der Waals surface area contributed by atoms with E-state index in [2.05, 4.69) is 4.98 Å². The molecule has 0 aliphatic heterocycles. The van der Waals surface area contributed by atoms with Crippen LogP contribution in [0.4, 0.5) is 4.39 Å². The fourth-order valence-corrected chi connectivity index (χ4v) is 3.17. The highest BCUT2D eigenvalue weighted by Crippen LogP contribution is 2.24. The van der Waals surface area contributed by atoms with Crippen molar-refractivity contribution in [3.63, 3.8) is 0 Å². The van der Waals surface area contributed by atoms with Crippen molar-refractivity contribution in [3.8, 4) is 0 Å². The second kappa shape index (κ2) is 7.09. The quantitative estimate of drug-likeness (QED) is 0.725. The number of carbonyl (C=O) groups excluding carboxylic acids is 1. The van der Waals surface area contributed by atoms with Gasteiger partial charge in [0, 0.05) is 29.2 Å². The Kier molecular flexibility index (Phi) is 4.88. The molecule has 3 rings (SSSR count). The van der Waals surface area contributed by atoms with Crippen LogP contribution in [0.5, 0.6) is 0 Å². The monoisotopic (exact) mass is 338 g/mol. The van der Waals surface area contributed by atoms with Crippen molar-refractivity contribution in [2.24, 2.45) is 0 Å². The predicted molar refractivity (Wildman–Crippen MR) is 98.8 cm³/mol. The molecule has 1 N–H and O–H groups in total. The number of hydrogen-bond acceptors (Lipinski definition) is 1. The van der Waals surface area contributed by atoms with Gasteiger partial charge in [0.15, 0.2) is 0 Å². The Morgan fingerprint density at radius 3 is 2.56 bits per heavy atom. The molecule has 2 aromatic carbocycles. The first-order valence-electron chi connectivity index (χ1n) is 8.56. The number of H-pyrrole nitrogens is 1. The third kappa shape index (κ3) is 3.73. The average molecular weight is 338 g/mol. The van der Waals surface area contributed by atoms with Crippen molar-refractivity contribution in [2.75, 3.05) is 0 Å². The molecule has 3 aromatic rings. The zero-order valence-electron chi connectivity index (χ0n) is 14.8. The third-order valence-electron chi connectivity index (χ3n) is 4.55. The summed E-state index contributed by atoms with van der Waals surface area (Å²) >= 11 is 0. The molecule has 0 spiro atoms. The van der Waals surface area contributed by atoms with Gasteiger partial charge in [0.2, 0.25) is 5.91 Å². The summed E-state index contributed by atoms with van der Waals surface area (Å²) in [7, 11) is 0. The van der Waals surface area contributed by atoms with E-state index in [1.54, 1.807) is 6.07 Å². The first-order valence-corrected chi connectivity index (χ1v) is 8.56. The van der Waals surface area contributed by atoms with Crippen molar-refractivity contribution >= 4 is 16.8 Å². The van der Waals surface area contributed by atoms with Gasteiger partial charge in [-0.2, -0.15) is 0 Å². The average Bonchev–Trinajstić information content (AvgIpc) is 2.88. The summed E-state index contributed by atoms with van der Waals surface area (Å²) in [4.78, 5) is 18.1. The first-order chi connectivity index (χ1) is 12.0.